The first-order valence-electron chi connectivity index (χ1n) is 9.49. The molecule has 0 bridgehead atoms. The van der Waals surface area contributed by atoms with E-state index < -0.39 is 11.9 Å². The van der Waals surface area contributed by atoms with Gasteiger partial charge >= 0.3 is 5.97 Å². The zero-order valence-corrected chi connectivity index (χ0v) is 16.1. The molecular weight excluding hydrogens is 356 g/mol. The van der Waals surface area contributed by atoms with Crippen LogP contribution in [-0.4, -0.2) is 29.4 Å². The van der Waals surface area contributed by atoms with Crippen molar-refractivity contribution in [2.45, 2.75) is 33.1 Å². The van der Waals surface area contributed by atoms with E-state index in [1.165, 1.54) is 12.1 Å². The second-order valence-electron chi connectivity index (χ2n) is 6.91. The van der Waals surface area contributed by atoms with Crippen LogP contribution in [0.1, 0.15) is 41.8 Å². The van der Waals surface area contributed by atoms with E-state index in [-0.39, 0.29) is 23.8 Å². The van der Waals surface area contributed by atoms with E-state index in [2.05, 4.69) is 19.2 Å². The van der Waals surface area contributed by atoms with Gasteiger partial charge in [-0.15, -0.1) is 0 Å². The lowest BCUT2D eigenvalue weighted by Crippen LogP contribution is -2.29. The zero-order chi connectivity index (χ0) is 20.3. The number of hydrogen-bond acceptors (Lipinski definition) is 3. The van der Waals surface area contributed by atoms with Gasteiger partial charge in [0.2, 0.25) is 11.8 Å². The maximum atomic E-state index is 12.7. The average Bonchev–Trinajstić information content (AvgIpc) is 3.09. The number of para-hydroxylation sites is 1. The van der Waals surface area contributed by atoms with E-state index >= 15 is 0 Å². The highest BCUT2D eigenvalue weighted by atomic mass is 16.4. The molecule has 0 saturated carbocycles. The molecule has 1 aliphatic heterocycles. The fourth-order valence-electron chi connectivity index (χ4n) is 3.60. The quantitative estimate of drug-likeness (QED) is 0.803. The normalized spacial score (nSPS) is 16.3. The molecule has 6 heteroatoms. The Balaban J connectivity index is 1.76. The lowest BCUT2D eigenvalue weighted by molar-refractivity contribution is -0.122. The number of hydrogen-bond donors (Lipinski definition) is 2. The van der Waals surface area contributed by atoms with E-state index in [9.17, 15) is 14.4 Å². The summed E-state index contributed by atoms with van der Waals surface area (Å²) in [7, 11) is 0. The SMILES string of the molecule is CCc1cccc(CC)c1N1C[C@@H](C(=O)Nc2ccc(C(=O)O)cc2)CC1=O. The number of rotatable bonds is 6. The first kappa shape index (κ1) is 19.6. The first-order chi connectivity index (χ1) is 13.4. The fourth-order valence-corrected chi connectivity index (χ4v) is 3.60. The van der Waals surface area contributed by atoms with Crippen molar-refractivity contribution in [3.63, 3.8) is 0 Å². The van der Waals surface area contributed by atoms with Crippen molar-refractivity contribution in [2.24, 2.45) is 5.92 Å². The smallest absolute Gasteiger partial charge is 0.335 e. The molecule has 3 rings (SSSR count). The minimum atomic E-state index is -1.02. The molecule has 1 saturated heterocycles. The van der Waals surface area contributed by atoms with Gasteiger partial charge < -0.3 is 15.3 Å². The molecule has 1 fully saturated rings. The monoisotopic (exact) mass is 380 g/mol. The lowest BCUT2D eigenvalue weighted by atomic mass is 10.0. The van der Waals surface area contributed by atoms with Crippen molar-refractivity contribution in [3.05, 3.63) is 59.2 Å². The maximum absolute atomic E-state index is 12.7. The van der Waals surface area contributed by atoms with Crippen LogP contribution < -0.4 is 10.2 Å². The van der Waals surface area contributed by atoms with E-state index in [0.29, 0.717) is 12.2 Å². The summed E-state index contributed by atoms with van der Waals surface area (Å²) >= 11 is 0. The molecule has 1 heterocycles. The van der Waals surface area contributed by atoms with E-state index in [1.54, 1.807) is 17.0 Å². The molecule has 0 unspecified atom stereocenters. The van der Waals surface area contributed by atoms with Gasteiger partial charge in [0.1, 0.15) is 0 Å². The number of carboxylic acids is 1. The summed E-state index contributed by atoms with van der Waals surface area (Å²) in [6.07, 6.45) is 1.81. The predicted molar refractivity (Wildman–Crippen MR) is 108 cm³/mol. The Hall–Kier alpha value is -3.15. The number of carbonyl (C=O) groups excluding carboxylic acids is 2. The summed E-state index contributed by atoms with van der Waals surface area (Å²) in [6.45, 7) is 4.47. The summed E-state index contributed by atoms with van der Waals surface area (Å²) in [5, 5.41) is 11.7. The third-order valence-corrected chi connectivity index (χ3v) is 5.13. The van der Waals surface area contributed by atoms with Gasteiger partial charge in [0.05, 0.1) is 11.5 Å². The highest BCUT2D eigenvalue weighted by Crippen LogP contribution is 2.32. The second-order valence-corrected chi connectivity index (χ2v) is 6.91. The van der Waals surface area contributed by atoms with Gasteiger partial charge in [-0.2, -0.15) is 0 Å². The van der Waals surface area contributed by atoms with Gasteiger partial charge in [-0.1, -0.05) is 32.0 Å². The van der Waals surface area contributed by atoms with E-state index in [4.69, 9.17) is 5.11 Å². The number of nitrogens with zero attached hydrogens (tertiary/aromatic N) is 1. The van der Waals surface area contributed by atoms with Crippen LogP contribution in [0.5, 0.6) is 0 Å². The molecule has 0 aromatic heterocycles. The van der Waals surface area contributed by atoms with E-state index in [1.807, 2.05) is 18.2 Å². The third kappa shape index (κ3) is 3.91. The maximum Gasteiger partial charge on any atom is 0.335 e. The Morgan fingerprint density at radius 2 is 1.68 bits per heavy atom. The fraction of sp³-hybridized carbons (Fsp3) is 0.318. The third-order valence-electron chi connectivity index (χ3n) is 5.13. The predicted octanol–water partition coefficient (Wildman–Crippen LogP) is 3.50. The van der Waals surface area contributed by atoms with Gasteiger partial charge in [0.15, 0.2) is 0 Å². The highest BCUT2D eigenvalue weighted by Gasteiger charge is 2.36. The number of nitrogens with one attached hydrogen (secondary N) is 1. The van der Waals surface area contributed by atoms with Gasteiger partial charge in [-0.25, -0.2) is 4.79 Å². The molecule has 0 radical (unpaired) electrons. The number of aromatic carboxylic acids is 1. The standard InChI is InChI=1S/C22H24N2O4/c1-3-14-6-5-7-15(4-2)20(14)24-13-17(12-19(24)25)21(26)23-18-10-8-16(9-11-18)22(27)28/h5-11,17H,3-4,12-13H2,1-2H3,(H,23,26)(H,27,28)/t17-/m0/s1. The molecule has 2 aromatic rings. The van der Waals surface area contributed by atoms with Gasteiger partial charge in [-0.3, -0.25) is 9.59 Å². The van der Waals surface area contributed by atoms with Crippen LogP contribution >= 0.6 is 0 Å². The van der Waals surface area contributed by atoms with Crippen LogP contribution in [0, 0.1) is 5.92 Å². The van der Waals surface area contributed by atoms with E-state index in [0.717, 1.165) is 29.7 Å². The molecule has 146 valence electrons. The molecular formula is C22H24N2O4. The molecule has 0 aliphatic carbocycles. The molecule has 2 aromatic carbocycles. The van der Waals surface area contributed by atoms with Crippen LogP contribution in [0.25, 0.3) is 0 Å². The minimum absolute atomic E-state index is 0.0445. The molecule has 0 spiro atoms. The van der Waals surface area contributed by atoms with Gasteiger partial charge in [-0.05, 0) is 48.2 Å². The number of amides is 2. The zero-order valence-electron chi connectivity index (χ0n) is 16.1. The minimum Gasteiger partial charge on any atom is -0.478 e. The van der Waals surface area contributed by atoms with Crippen LogP contribution in [0.15, 0.2) is 42.5 Å². The summed E-state index contributed by atoms with van der Waals surface area (Å²) in [5.41, 5.74) is 3.84. The molecule has 1 aliphatic rings. The number of benzene rings is 2. The van der Waals surface area contributed by atoms with Crippen LogP contribution in [-0.2, 0) is 22.4 Å². The van der Waals surface area contributed by atoms with Gasteiger partial charge in [0.25, 0.3) is 0 Å². The molecule has 28 heavy (non-hydrogen) atoms. The van der Waals surface area contributed by atoms with Crippen molar-refractivity contribution in [2.75, 3.05) is 16.8 Å². The van der Waals surface area contributed by atoms with Crippen LogP contribution in [0.4, 0.5) is 11.4 Å². The Bertz CT molecular complexity index is 883. The Labute approximate surface area is 164 Å². The van der Waals surface area contributed by atoms with Crippen molar-refractivity contribution in [3.8, 4) is 0 Å². The largest absolute Gasteiger partial charge is 0.478 e. The van der Waals surface area contributed by atoms with Crippen molar-refractivity contribution in [1.29, 1.82) is 0 Å². The molecule has 6 nitrogen and oxygen atoms in total. The van der Waals surface area contributed by atoms with Crippen molar-refractivity contribution >= 4 is 29.2 Å². The first-order valence-corrected chi connectivity index (χ1v) is 9.49. The molecule has 1 atom stereocenters. The summed E-state index contributed by atoms with van der Waals surface area (Å²) in [5.74, 6) is -1.74. The Morgan fingerprint density at radius 3 is 2.21 bits per heavy atom. The molecule has 2 amide bonds. The van der Waals surface area contributed by atoms with Crippen LogP contribution in [0.2, 0.25) is 0 Å². The number of carboxylic acid groups (broad SMARTS) is 1. The summed E-state index contributed by atoms with van der Waals surface area (Å²) < 4.78 is 0. The summed E-state index contributed by atoms with van der Waals surface area (Å²) in [6, 6.07) is 12.0. The highest BCUT2D eigenvalue weighted by molar-refractivity contribution is 6.04. The number of anilines is 2. The summed E-state index contributed by atoms with van der Waals surface area (Å²) in [4.78, 5) is 38.0. The molecule has 2 N–H and O–H groups in total. The second kappa shape index (κ2) is 8.25. The Kier molecular flexibility index (Phi) is 5.78. The number of aryl methyl sites for hydroxylation is 2. The Morgan fingerprint density at radius 1 is 1.07 bits per heavy atom. The van der Waals surface area contributed by atoms with Crippen molar-refractivity contribution < 1.29 is 19.5 Å². The topological polar surface area (TPSA) is 86.7 Å². The van der Waals surface area contributed by atoms with Gasteiger partial charge in [0, 0.05) is 24.3 Å². The van der Waals surface area contributed by atoms with Crippen LogP contribution in [0.3, 0.4) is 0 Å². The van der Waals surface area contributed by atoms with Crippen molar-refractivity contribution in [1.82, 2.24) is 0 Å². The number of carbonyl (C=O) groups is 3. The lowest BCUT2D eigenvalue weighted by Gasteiger charge is -2.23. The average molecular weight is 380 g/mol.